The van der Waals surface area contributed by atoms with Gasteiger partial charge in [0.2, 0.25) is 0 Å². The van der Waals surface area contributed by atoms with Crippen LogP contribution in [-0.2, 0) is 0 Å². The number of hydrogen-bond donors (Lipinski definition) is 1. The van der Waals surface area contributed by atoms with Gasteiger partial charge in [0.15, 0.2) is 11.0 Å². The fraction of sp³-hybridized carbons (Fsp3) is 0.600. The minimum absolute atomic E-state index is 0.458. The van der Waals surface area contributed by atoms with Crippen molar-refractivity contribution in [3.05, 3.63) is 17.3 Å². The first-order valence-electron chi connectivity index (χ1n) is 5.28. The molecule has 5 heteroatoms. The highest BCUT2D eigenvalue weighted by molar-refractivity contribution is 6.29. The van der Waals surface area contributed by atoms with Crippen molar-refractivity contribution < 1.29 is 0 Å². The van der Waals surface area contributed by atoms with Crippen LogP contribution in [0.1, 0.15) is 0 Å². The third kappa shape index (κ3) is 1.68. The Balaban J connectivity index is 1.76. The van der Waals surface area contributed by atoms with Gasteiger partial charge in [-0.15, -0.1) is 10.2 Å². The topological polar surface area (TPSA) is 41.0 Å². The molecule has 0 saturated carbocycles. The molecule has 2 atom stereocenters. The Bertz CT molecular complexity index is 341. The van der Waals surface area contributed by atoms with Gasteiger partial charge in [-0.3, -0.25) is 0 Å². The van der Waals surface area contributed by atoms with Crippen molar-refractivity contribution in [1.29, 1.82) is 0 Å². The molecule has 1 aromatic rings. The van der Waals surface area contributed by atoms with Gasteiger partial charge in [-0.2, -0.15) is 0 Å². The molecule has 2 aliphatic heterocycles. The molecule has 1 aromatic heterocycles. The van der Waals surface area contributed by atoms with Crippen molar-refractivity contribution in [2.24, 2.45) is 11.8 Å². The van der Waals surface area contributed by atoms with E-state index in [0.717, 1.165) is 43.8 Å². The third-order valence-corrected chi connectivity index (χ3v) is 3.53. The van der Waals surface area contributed by atoms with Gasteiger partial charge < -0.3 is 10.2 Å². The van der Waals surface area contributed by atoms with E-state index in [1.54, 1.807) is 6.07 Å². The molecular weight excluding hydrogens is 212 g/mol. The highest BCUT2D eigenvalue weighted by Crippen LogP contribution is 2.29. The van der Waals surface area contributed by atoms with E-state index in [1.165, 1.54) is 0 Å². The van der Waals surface area contributed by atoms with Crippen LogP contribution in [0.5, 0.6) is 0 Å². The van der Waals surface area contributed by atoms with Crippen molar-refractivity contribution in [2.45, 2.75) is 0 Å². The Hall–Kier alpha value is -0.870. The molecule has 0 aliphatic carbocycles. The van der Waals surface area contributed by atoms with Crippen LogP contribution < -0.4 is 10.2 Å². The summed E-state index contributed by atoms with van der Waals surface area (Å²) < 4.78 is 0. The molecule has 0 radical (unpaired) electrons. The Morgan fingerprint density at radius 3 is 2.53 bits per heavy atom. The highest BCUT2D eigenvalue weighted by atomic mass is 35.5. The van der Waals surface area contributed by atoms with Crippen LogP contribution in [0.4, 0.5) is 5.82 Å². The van der Waals surface area contributed by atoms with Gasteiger partial charge in [-0.05, 0) is 24.0 Å². The SMILES string of the molecule is Clc1ccc(N2CC3CNCC3C2)nn1. The maximum absolute atomic E-state index is 5.71. The largest absolute Gasteiger partial charge is 0.354 e. The Morgan fingerprint density at radius 2 is 1.93 bits per heavy atom. The smallest absolute Gasteiger partial charge is 0.151 e. The molecule has 2 aliphatic rings. The van der Waals surface area contributed by atoms with Crippen molar-refractivity contribution in [3.63, 3.8) is 0 Å². The van der Waals surface area contributed by atoms with Crippen molar-refractivity contribution in [1.82, 2.24) is 15.5 Å². The van der Waals surface area contributed by atoms with Gasteiger partial charge in [-0.1, -0.05) is 11.6 Å². The summed E-state index contributed by atoms with van der Waals surface area (Å²) in [6, 6.07) is 3.75. The van der Waals surface area contributed by atoms with Crippen molar-refractivity contribution in [2.75, 3.05) is 31.1 Å². The predicted molar refractivity (Wildman–Crippen MR) is 59.1 cm³/mol. The summed E-state index contributed by atoms with van der Waals surface area (Å²) in [5, 5.41) is 11.9. The third-order valence-electron chi connectivity index (χ3n) is 3.33. The number of hydrogen-bond acceptors (Lipinski definition) is 4. The molecule has 2 saturated heterocycles. The lowest BCUT2D eigenvalue weighted by Crippen LogP contribution is -2.26. The molecule has 0 amide bonds. The lowest BCUT2D eigenvalue weighted by molar-refractivity contribution is 0.533. The quantitative estimate of drug-likeness (QED) is 0.766. The molecule has 1 N–H and O–H groups in total. The average molecular weight is 225 g/mol. The first-order valence-corrected chi connectivity index (χ1v) is 5.65. The van der Waals surface area contributed by atoms with E-state index in [0.29, 0.717) is 5.15 Å². The van der Waals surface area contributed by atoms with E-state index in [1.807, 2.05) is 6.07 Å². The van der Waals surface area contributed by atoms with Gasteiger partial charge in [-0.25, -0.2) is 0 Å². The minimum atomic E-state index is 0.458. The fourth-order valence-corrected chi connectivity index (χ4v) is 2.62. The molecule has 2 unspecified atom stereocenters. The molecule has 3 heterocycles. The lowest BCUT2D eigenvalue weighted by atomic mass is 10.0. The maximum atomic E-state index is 5.71. The van der Waals surface area contributed by atoms with E-state index in [-0.39, 0.29) is 0 Å². The van der Waals surface area contributed by atoms with Gasteiger partial charge in [0, 0.05) is 26.2 Å². The van der Waals surface area contributed by atoms with Crippen LogP contribution >= 0.6 is 11.6 Å². The monoisotopic (exact) mass is 224 g/mol. The zero-order valence-corrected chi connectivity index (χ0v) is 9.11. The van der Waals surface area contributed by atoms with E-state index >= 15 is 0 Å². The van der Waals surface area contributed by atoms with Gasteiger partial charge in [0.25, 0.3) is 0 Å². The van der Waals surface area contributed by atoms with Gasteiger partial charge in [0.1, 0.15) is 0 Å². The highest BCUT2D eigenvalue weighted by Gasteiger charge is 2.36. The summed E-state index contributed by atoms with van der Waals surface area (Å²) in [4.78, 5) is 2.31. The second-order valence-electron chi connectivity index (χ2n) is 4.30. The molecule has 15 heavy (non-hydrogen) atoms. The number of nitrogens with one attached hydrogen (secondary N) is 1. The van der Waals surface area contributed by atoms with E-state index < -0.39 is 0 Å². The molecule has 0 bridgehead atoms. The lowest BCUT2D eigenvalue weighted by Gasteiger charge is -2.17. The molecule has 3 rings (SSSR count). The Morgan fingerprint density at radius 1 is 1.20 bits per heavy atom. The Kier molecular flexibility index (Phi) is 2.25. The summed E-state index contributed by atoms with van der Waals surface area (Å²) in [6.45, 7) is 4.46. The van der Waals surface area contributed by atoms with Crippen LogP contribution in [0, 0.1) is 11.8 Å². The van der Waals surface area contributed by atoms with Gasteiger partial charge >= 0.3 is 0 Å². The van der Waals surface area contributed by atoms with Gasteiger partial charge in [0.05, 0.1) is 0 Å². The number of nitrogens with zero attached hydrogens (tertiary/aromatic N) is 3. The number of anilines is 1. The number of halogens is 1. The summed E-state index contributed by atoms with van der Waals surface area (Å²) in [7, 11) is 0. The zero-order valence-electron chi connectivity index (χ0n) is 8.36. The maximum Gasteiger partial charge on any atom is 0.151 e. The minimum Gasteiger partial charge on any atom is -0.354 e. The average Bonchev–Trinajstić information content (AvgIpc) is 2.78. The van der Waals surface area contributed by atoms with Crippen LogP contribution in [0.3, 0.4) is 0 Å². The first-order chi connectivity index (χ1) is 7.33. The predicted octanol–water partition coefficient (Wildman–Crippen LogP) is 0.786. The number of fused-ring (bicyclic) bond motifs is 1. The first kappa shape index (κ1) is 9.36. The van der Waals surface area contributed by atoms with Crippen molar-refractivity contribution in [3.8, 4) is 0 Å². The van der Waals surface area contributed by atoms with Crippen molar-refractivity contribution >= 4 is 17.4 Å². The Labute approximate surface area is 93.6 Å². The second-order valence-corrected chi connectivity index (χ2v) is 4.68. The van der Waals surface area contributed by atoms with Crippen LogP contribution in [0.15, 0.2) is 12.1 Å². The number of aromatic nitrogens is 2. The van der Waals surface area contributed by atoms with E-state index in [9.17, 15) is 0 Å². The zero-order chi connectivity index (χ0) is 10.3. The van der Waals surface area contributed by atoms with Crippen LogP contribution in [0.25, 0.3) is 0 Å². The normalized spacial score (nSPS) is 29.5. The van der Waals surface area contributed by atoms with Crippen LogP contribution in [-0.4, -0.2) is 36.4 Å². The molecular formula is C10H13ClN4. The fourth-order valence-electron chi connectivity index (χ4n) is 2.52. The summed E-state index contributed by atoms with van der Waals surface area (Å²) in [5.74, 6) is 2.51. The molecule has 4 nitrogen and oxygen atoms in total. The molecule has 2 fully saturated rings. The molecule has 80 valence electrons. The molecule has 0 aromatic carbocycles. The standard InChI is InChI=1S/C10H13ClN4/c11-9-1-2-10(14-13-9)15-5-7-3-12-4-8(7)6-15/h1-2,7-8,12H,3-6H2. The summed E-state index contributed by atoms with van der Waals surface area (Å²) >= 11 is 5.71. The molecule has 0 spiro atoms. The number of rotatable bonds is 1. The van der Waals surface area contributed by atoms with E-state index in [4.69, 9.17) is 11.6 Å². The summed E-state index contributed by atoms with van der Waals surface area (Å²) in [5.41, 5.74) is 0. The summed E-state index contributed by atoms with van der Waals surface area (Å²) in [6.07, 6.45) is 0. The van der Waals surface area contributed by atoms with Crippen LogP contribution in [0.2, 0.25) is 5.15 Å². The second kappa shape index (κ2) is 3.61. The van der Waals surface area contributed by atoms with E-state index in [2.05, 4.69) is 20.4 Å².